The van der Waals surface area contributed by atoms with Crippen LogP contribution in [0.3, 0.4) is 0 Å². The smallest absolute Gasteiger partial charge is 0.197 e. The van der Waals surface area contributed by atoms with Gasteiger partial charge in [0.05, 0.1) is 18.2 Å². The van der Waals surface area contributed by atoms with Crippen LogP contribution in [0.15, 0.2) is 36.8 Å². The standard InChI is InChI=1S/C19H22N4O2/c1-25-11-13-2-6-15(7-3-13)23-12-21-18-19(23)22-17(10-20-18)14-4-8-16(24)9-5-14/h4-5,8-10,12-13,15,24H,2-3,6-7,11H2,1H3/t13-,15-. The quantitative estimate of drug-likeness (QED) is 0.787. The maximum Gasteiger partial charge on any atom is 0.197 e. The number of hydrogen-bond acceptors (Lipinski definition) is 5. The zero-order chi connectivity index (χ0) is 17.2. The van der Waals surface area contributed by atoms with Gasteiger partial charge in [-0.05, 0) is 55.9 Å². The Labute approximate surface area is 146 Å². The lowest BCUT2D eigenvalue weighted by Gasteiger charge is -2.28. The molecule has 3 aromatic rings. The fraction of sp³-hybridized carbons (Fsp3) is 0.421. The third-order valence-electron chi connectivity index (χ3n) is 5.06. The highest BCUT2D eigenvalue weighted by atomic mass is 16.5. The highest BCUT2D eigenvalue weighted by molar-refractivity contribution is 5.71. The Hall–Kier alpha value is -2.47. The predicted octanol–water partition coefficient (Wildman–Crippen LogP) is 3.58. The first-order chi connectivity index (χ1) is 12.2. The van der Waals surface area contributed by atoms with Crippen molar-refractivity contribution in [1.29, 1.82) is 0 Å². The molecule has 4 rings (SSSR count). The number of benzene rings is 1. The van der Waals surface area contributed by atoms with Gasteiger partial charge in [-0.2, -0.15) is 0 Å². The number of fused-ring (bicyclic) bond motifs is 1. The van der Waals surface area contributed by atoms with Crippen LogP contribution in [0.25, 0.3) is 22.6 Å². The Bertz CT molecular complexity index is 851. The van der Waals surface area contributed by atoms with Gasteiger partial charge in [-0.25, -0.2) is 15.0 Å². The number of ether oxygens (including phenoxy) is 1. The molecule has 2 heterocycles. The number of nitrogens with zero attached hydrogens (tertiary/aromatic N) is 4. The number of aromatic nitrogens is 4. The van der Waals surface area contributed by atoms with E-state index in [9.17, 15) is 5.11 Å². The molecule has 0 spiro atoms. The number of aromatic hydroxyl groups is 1. The third-order valence-corrected chi connectivity index (χ3v) is 5.06. The van der Waals surface area contributed by atoms with E-state index in [4.69, 9.17) is 9.72 Å². The zero-order valence-electron chi connectivity index (χ0n) is 14.3. The minimum Gasteiger partial charge on any atom is -0.508 e. The molecule has 0 amide bonds. The summed E-state index contributed by atoms with van der Waals surface area (Å²) in [6.45, 7) is 0.849. The molecule has 130 valence electrons. The molecule has 6 nitrogen and oxygen atoms in total. The lowest BCUT2D eigenvalue weighted by atomic mass is 9.86. The van der Waals surface area contributed by atoms with Crippen molar-refractivity contribution >= 4 is 11.3 Å². The van der Waals surface area contributed by atoms with Crippen LogP contribution in [0.2, 0.25) is 0 Å². The van der Waals surface area contributed by atoms with Crippen LogP contribution in [0, 0.1) is 5.92 Å². The Balaban J connectivity index is 1.62. The van der Waals surface area contributed by atoms with Crippen LogP contribution in [-0.2, 0) is 4.74 Å². The molecule has 1 aliphatic rings. The molecule has 25 heavy (non-hydrogen) atoms. The van der Waals surface area contributed by atoms with Gasteiger partial charge in [0.15, 0.2) is 11.3 Å². The van der Waals surface area contributed by atoms with Crippen molar-refractivity contribution in [3.05, 3.63) is 36.8 Å². The first kappa shape index (κ1) is 16.0. The van der Waals surface area contributed by atoms with Gasteiger partial charge in [0.25, 0.3) is 0 Å². The minimum absolute atomic E-state index is 0.246. The average molecular weight is 338 g/mol. The van der Waals surface area contributed by atoms with E-state index in [0.717, 1.165) is 36.4 Å². The highest BCUT2D eigenvalue weighted by Crippen LogP contribution is 2.34. The van der Waals surface area contributed by atoms with E-state index in [0.29, 0.717) is 17.6 Å². The minimum atomic E-state index is 0.246. The summed E-state index contributed by atoms with van der Waals surface area (Å²) in [5.41, 5.74) is 3.24. The van der Waals surface area contributed by atoms with Crippen molar-refractivity contribution in [3.8, 4) is 17.0 Å². The fourth-order valence-electron chi connectivity index (χ4n) is 3.67. The molecule has 0 radical (unpaired) electrons. The normalized spacial score (nSPS) is 20.8. The van der Waals surface area contributed by atoms with Crippen LogP contribution in [0.5, 0.6) is 5.75 Å². The van der Waals surface area contributed by atoms with E-state index in [1.54, 1.807) is 25.4 Å². The molecular weight excluding hydrogens is 316 g/mol. The lowest BCUT2D eigenvalue weighted by molar-refractivity contribution is 0.120. The molecule has 0 saturated heterocycles. The van der Waals surface area contributed by atoms with E-state index in [2.05, 4.69) is 14.5 Å². The van der Waals surface area contributed by atoms with Gasteiger partial charge >= 0.3 is 0 Å². The third kappa shape index (κ3) is 3.22. The molecule has 0 aliphatic heterocycles. The second-order valence-corrected chi connectivity index (χ2v) is 6.73. The van der Waals surface area contributed by atoms with Gasteiger partial charge in [-0.15, -0.1) is 0 Å². The largest absolute Gasteiger partial charge is 0.508 e. The van der Waals surface area contributed by atoms with Gasteiger partial charge in [-0.3, -0.25) is 0 Å². The Morgan fingerprint density at radius 1 is 1.12 bits per heavy atom. The van der Waals surface area contributed by atoms with Crippen LogP contribution >= 0.6 is 0 Å². The predicted molar refractivity (Wildman–Crippen MR) is 95.3 cm³/mol. The van der Waals surface area contributed by atoms with Crippen molar-refractivity contribution < 1.29 is 9.84 Å². The van der Waals surface area contributed by atoms with Gasteiger partial charge < -0.3 is 14.4 Å². The highest BCUT2D eigenvalue weighted by Gasteiger charge is 2.24. The van der Waals surface area contributed by atoms with Gasteiger partial charge in [0.2, 0.25) is 0 Å². The second-order valence-electron chi connectivity index (χ2n) is 6.73. The summed E-state index contributed by atoms with van der Waals surface area (Å²) in [4.78, 5) is 13.7. The number of rotatable bonds is 4. The Morgan fingerprint density at radius 3 is 2.60 bits per heavy atom. The molecule has 0 bridgehead atoms. The van der Waals surface area contributed by atoms with Crippen LogP contribution in [0.4, 0.5) is 0 Å². The number of methoxy groups -OCH3 is 1. The van der Waals surface area contributed by atoms with Gasteiger partial charge in [-0.1, -0.05) is 0 Å². The summed E-state index contributed by atoms with van der Waals surface area (Å²) < 4.78 is 7.47. The van der Waals surface area contributed by atoms with Gasteiger partial charge in [0, 0.05) is 25.3 Å². The fourth-order valence-corrected chi connectivity index (χ4v) is 3.67. The number of imidazole rings is 1. The molecule has 1 fully saturated rings. The molecule has 1 aromatic carbocycles. The molecule has 6 heteroatoms. The van der Waals surface area contributed by atoms with Crippen molar-refractivity contribution in [2.75, 3.05) is 13.7 Å². The summed E-state index contributed by atoms with van der Waals surface area (Å²) in [6.07, 6.45) is 8.18. The van der Waals surface area contributed by atoms with E-state index in [1.165, 1.54) is 12.8 Å². The zero-order valence-corrected chi connectivity index (χ0v) is 14.3. The second kappa shape index (κ2) is 6.80. The summed E-state index contributed by atoms with van der Waals surface area (Å²) in [7, 11) is 1.77. The summed E-state index contributed by atoms with van der Waals surface area (Å²) >= 11 is 0. The lowest BCUT2D eigenvalue weighted by Crippen LogP contribution is -2.20. The van der Waals surface area contributed by atoms with E-state index >= 15 is 0 Å². The molecular formula is C19H22N4O2. The Morgan fingerprint density at radius 2 is 1.88 bits per heavy atom. The van der Waals surface area contributed by atoms with Crippen LogP contribution in [-0.4, -0.2) is 38.3 Å². The molecule has 2 aromatic heterocycles. The van der Waals surface area contributed by atoms with E-state index < -0.39 is 0 Å². The summed E-state index contributed by atoms with van der Waals surface area (Å²) in [6, 6.07) is 7.44. The molecule has 1 saturated carbocycles. The summed E-state index contributed by atoms with van der Waals surface area (Å²) in [5, 5.41) is 9.46. The SMILES string of the molecule is COC[C@H]1CC[C@H](n2cnc3ncc(-c4ccc(O)cc4)nc32)CC1. The van der Waals surface area contributed by atoms with Crippen molar-refractivity contribution in [1.82, 2.24) is 19.5 Å². The molecule has 1 N–H and O–H groups in total. The topological polar surface area (TPSA) is 73.1 Å². The molecule has 0 unspecified atom stereocenters. The Kier molecular flexibility index (Phi) is 4.36. The van der Waals surface area contributed by atoms with E-state index in [-0.39, 0.29) is 5.75 Å². The summed E-state index contributed by atoms with van der Waals surface area (Å²) in [5.74, 6) is 0.908. The first-order valence-corrected chi connectivity index (χ1v) is 8.72. The number of phenols is 1. The molecule has 1 aliphatic carbocycles. The van der Waals surface area contributed by atoms with Crippen LogP contribution < -0.4 is 0 Å². The average Bonchev–Trinajstić information content (AvgIpc) is 3.06. The van der Waals surface area contributed by atoms with Crippen molar-refractivity contribution in [2.45, 2.75) is 31.7 Å². The number of phenolic OH excluding ortho intramolecular Hbond substituents is 1. The maximum absolute atomic E-state index is 9.46. The maximum atomic E-state index is 9.46. The van der Waals surface area contributed by atoms with Crippen molar-refractivity contribution in [3.63, 3.8) is 0 Å². The monoisotopic (exact) mass is 338 g/mol. The van der Waals surface area contributed by atoms with E-state index in [1.807, 2.05) is 18.5 Å². The first-order valence-electron chi connectivity index (χ1n) is 8.72. The number of hydrogen-bond donors (Lipinski definition) is 1. The molecule has 0 atom stereocenters. The van der Waals surface area contributed by atoms with Gasteiger partial charge in [0.1, 0.15) is 5.75 Å². The van der Waals surface area contributed by atoms with Crippen molar-refractivity contribution in [2.24, 2.45) is 5.92 Å². The van der Waals surface area contributed by atoms with Crippen LogP contribution in [0.1, 0.15) is 31.7 Å².